The number of anilines is 2. The zero-order valence-electron chi connectivity index (χ0n) is 22.9. The van der Waals surface area contributed by atoms with Gasteiger partial charge in [0.15, 0.2) is 0 Å². The Hall–Kier alpha value is -4.30. The van der Waals surface area contributed by atoms with Crippen molar-refractivity contribution >= 4 is 11.4 Å². The number of hydrogen-bond acceptors (Lipinski definition) is 7. The fourth-order valence-corrected chi connectivity index (χ4v) is 5.60. The molecule has 8 heteroatoms. The van der Waals surface area contributed by atoms with Crippen LogP contribution in [0.3, 0.4) is 0 Å². The van der Waals surface area contributed by atoms with Gasteiger partial charge in [-0.1, -0.05) is 31.5 Å². The summed E-state index contributed by atoms with van der Waals surface area (Å²) in [5.74, 6) is 2.50. The van der Waals surface area contributed by atoms with Gasteiger partial charge in [-0.25, -0.2) is 0 Å². The van der Waals surface area contributed by atoms with E-state index in [1.54, 1.807) is 25.6 Å². The number of methoxy groups -OCH3 is 1. The summed E-state index contributed by atoms with van der Waals surface area (Å²) >= 11 is 0. The van der Waals surface area contributed by atoms with Crippen LogP contribution in [-0.4, -0.2) is 36.8 Å². The van der Waals surface area contributed by atoms with E-state index in [0.717, 1.165) is 76.7 Å². The van der Waals surface area contributed by atoms with Crippen LogP contribution in [0.5, 0.6) is 17.2 Å². The lowest BCUT2D eigenvalue weighted by Crippen LogP contribution is -2.39. The van der Waals surface area contributed by atoms with Crippen LogP contribution in [0.1, 0.15) is 54.2 Å². The van der Waals surface area contributed by atoms with E-state index in [0.29, 0.717) is 13.2 Å². The fourth-order valence-electron chi connectivity index (χ4n) is 5.60. The number of aromatic nitrogens is 2. The maximum Gasteiger partial charge on any atom is 0.249 e. The van der Waals surface area contributed by atoms with Gasteiger partial charge in [0.05, 0.1) is 26.0 Å². The summed E-state index contributed by atoms with van der Waals surface area (Å²) in [4.78, 5) is 21.1. The third-order valence-corrected chi connectivity index (χ3v) is 7.61. The zero-order chi connectivity index (χ0) is 27.5. The number of hydrogen-bond donors (Lipinski definition) is 2. The highest BCUT2D eigenvalue weighted by atomic mass is 16.5. The van der Waals surface area contributed by atoms with Crippen molar-refractivity contribution in [3.8, 4) is 17.2 Å². The van der Waals surface area contributed by atoms with E-state index in [2.05, 4.69) is 63.5 Å². The van der Waals surface area contributed by atoms with Crippen molar-refractivity contribution in [2.75, 3.05) is 37.0 Å². The highest BCUT2D eigenvalue weighted by Crippen LogP contribution is 2.43. The minimum atomic E-state index is -0.156. The Morgan fingerprint density at radius 1 is 1.15 bits per heavy atom. The molecule has 1 fully saturated rings. The van der Waals surface area contributed by atoms with Crippen LogP contribution in [0.25, 0.3) is 0 Å². The van der Waals surface area contributed by atoms with Crippen LogP contribution < -0.4 is 25.2 Å². The summed E-state index contributed by atoms with van der Waals surface area (Å²) in [6.07, 6.45) is 7.96. The molecule has 0 amide bonds. The minimum absolute atomic E-state index is 0.104. The number of morpholine rings is 1. The number of rotatable bonds is 8. The van der Waals surface area contributed by atoms with Crippen LogP contribution >= 0.6 is 0 Å². The van der Waals surface area contributed by atoms with E-state index in [-0.39, 0.29) is 17.7 Å². The average Bonchev–Trinajstić information content (AvgIpc) is 2.99. The molecule has 2 aromatic heterocycles. The number of nitrogens with one attached hydrogen (secondary N) is 2. The zero-order valence-corrected chi connectivity index (χ0v) is 22.9. The van der Waals surface area contributed by atoms with Crippen LogP contribution in [0.2, 0.25) is 0 Å². The summed E-state index contributed by atoms with van der Waals surface area (Å²) < 4.78 is 18.1. The van der Waals surface area contributed by atoms with Crippen LogP contribution in [-0.2, 0) is 11.2 Å². The van der Waals surface area contributed by atoms with Crippen LogP contribution in [0.4, 0.5) is 11.4 Å². The third kappa shape index (κ3) is 5.40. The normalized spacial score (nSPS) is 16.9. The number of nitrogens with zero attached hydrogens (tertiary/aromatic N) is 2. The molecule has 0 bridgehead atoms. The number of ether oxygens (including phenoxy) is 3. The number of H-pyrrole nitrogens is 1. The first kappa shape index (κ1) is 26.0. The first-order valence-corrected chi connectivity index (χ1v) is 13.8. The Morgan fingerprint density at radius 2 is 2.08 bits per heavy atom. The lowest BCUT2D eigenvalue weighted by Gasteiger charge is -2.36. The van der Waals surface area contributed by atoms with Crippen molar-refractivity contribution < 1.29 is 14.2 Å². The van der Waals surface area contributed by atoms with Gasteiger partial charge in [0.1, 0.15) is 23.4 Å². The number of para-hydroxylation sites is 1. The van der Waals surface area contributed by atoms with E-state index in [4.69, 9.17) is 14.2 Å². The molecule has 2 atom stereocenters. The summed E-state index contributed by atoms with van der Waals surface area (Å²) in [5, 5.41) is 3.71. The minimum Gasteiger partial charge on any atom is -0.495 e. The van der Waals surface area contributed by atoms with E-state index < -0.39 is 0 Å². The van der Waals surface area contributed by atoms with Crippen molar-refractivity contribution in [2.45, 2.75) is 38.3 Å². The summed E-state index contributed by atoms with van der Waals surface area (Å²) in [7, 11) is 1.66. The molecular weight excluding hydrogens is 504 g/mol. The van der Waals surface area contributed by atoms with Gasteiger partial charge in [0.2, 0.25) is 5.56 Å². The van der Waals surface area contributed by atoms with Crippen molar-refractivity contribution in [3.05, 3.63) is 106 Å². The Balaban J connectivity index is 1.22. The molecule has 2 aromatic carbocycles. The highest BCUT2D eigenvalue weighted by molar-refractivity contribution is 5.59. The molecule has 0 aliphatic carbocycles. The number of benzene rings is 2. The molecule has 0 spiro atoms. The lowest BCUT2D eigenvalue weighted by atomic mass is 9.94. The maximum absolute atomic E-state index is 11.9. The summed E-state index contributed by atoms with van der Waals surface area (Å²) in [6, 6.07) is 18.3. The van der Waals surface area contributed by atoms with Crippen molar-refractivity contribution in [2.24, 2.45) is 0 Å². The van der Waals surface area contributed by atoms with Gasteiger partial charge in [-0.3, -0.25) is 9.78 Å². The van der Waals surface area contributed by atoms with Gasteiger partial charge in [0.25, 0.3) is 0 Å². The third-order valence-electron chi connectivity index (χ3n) is 7.61. The first-order valence-electron chi connectivity index (χ1n) is 13.8. The SMILES string of the molecule is CCCC(Nc1ccc2c(c1)Cc1cccc(C3CN(c4cc[nH]c(=O)c4)CCO3)c1O2)c1cncc(OC)c1. The molecule has 8 nitrogen and oxygen atoms in total. The smallest absolute Gasteiger partial charge is 0.249 e. The largest absolute Gasteiger partial charge is 0.495 e. The number of pyridine rings is 2. The first-order chi connectivity index (χ1) is 19.6. The standard InChI is InChI=1S/C32H34N4O4/c1-3-5-28(23-16-26(38-2)19-33-18-23)35-24-8-9-29-22(15-24)14-21-6-4-7-27(32(21)40-29)30-20-36(12-13-39-30)25-10-11-34-31(37)17-25/h4,6-11,15-19,28,30,35H,3,5,12-14,20H2,1-2H3,(H,34,37). The molecule has 0 saturated carbocycles. The molecule has 206 valence electrons. The molecule has 2 unspecified atom stereocenters. The molecule has 2 aliphatic heterocycles. The van der Waals surface area contributed by atoms with Crippen molar-refractivity contribution in [1.82, 2.24) is 9.97 Å². The molecule has 4 heterocycles. The van der Waals surface area contributed by atoms with Gasteiger partial charge < -0.3 is 29.4 Å². The number of aromatic amines is 1. The second kappa shape index (κ2) is 11.4. The van der Waals surface area contributed by atoms with Crippen molar-refractivity contribution in [3.63, 3.8) is 0 Å². The molecule has 4 aromatic rings. The van der Waals surface area contributed by atoms with Crippen LogP contribution in [0, 0.1) is 0 Å². The molecule has 40 heavy (non-hydrogen) atoms. The molecule has 2 aliphatic rings. The van der Waals surface area contributed by atoms with Gasteiger partial charge in [-0.15, -0.1) is 0 Å². The predicted octanol–water partition coefficient (Wildman–Crippen LogP) is 6.01. The van der Waals surface area contributed by atoms with Crippen LogP contribution in [0.15, 0.2) is 78.0 Å². The monoisotopic (exact) mass is 538 g/mol. The maximum atomic E-state index is 11.9. The highest BCUT2D eigenvalue weighted by Gasteiger charge is 2.29. The summed E-state index contributed by atoms with van der Waals surface area (Å²) in [6.45, 7) is 4.15. The van der Waals surface area contributed by atoms with Gasteiger partial charge in [-0.2, -0.15) is 0 Å². The Labute approximate surface area is 233 Å². The Bertz CT molecular complexity index is 1550. The van der Waals surface area contributed by atoms with Gasteiger partial charge in [0, 0.05) is 60.5 Å². The Kier molecular flexibility index (Phi) is 7.42. The second-order valence-electron chi connectivity index (χ2n) is 10.3. The molecule has 2 N–H and O–H groups in total. The molecule has 0 radical (unpaired) electrons. The molecular formula is C32H34N4O4. The second-order valence-corrected chi connectivity index (χ2v) is 10.3. The van der Waals surface area contributed by atoms with E-state index >= 15 is 0 Å². The van der Waals surface area contributed by atoms with E-state index in [9.17, 15) is 4.79 Å². The van der Waals surface area contributed by atoms with E-state index in [1.165, 1.54) is 0 Å². The van der Waals surface area contributed by atoms with Gasteiger partial charge >= 0.3 is 0 Å². The molecule has 1 saturated heterocycles. The Morgan fingerprint density at radius 3 is 2.92 bits per heavy atom. The lowest BCUT2D eigenvalue weighted by molar-refractivity contribution is 0.0384. The van der Waals surface area contributed by atoms with Crippen molar-refractivity contribution in [1.29, 1.82) is 0 Å². The predicted molar refractivity (Wildman–Crippen MR) is 156 cm³/mol. The average molecular weight is 539 g/mol. The quantitative estimate of drug-likeness (QED) is 0.250. The summed E-state index contributed by atoms with van der Waals surface area (Å²) in [5.41, 5.74) is 6.27. The molecule has 6 rings (SSSR count). The fraction of sp³-hybridized carbons (Fsp3) is 0.312. The topological polar surface area (TPSA) is 88.7 Å². The number of fused-ring (bicyclic) bond motifs is 2. The van der Waals surface area contributed by atoms with Gasteiger partial charge in [-0.05, 0) is 47.9 Å². The van der Waals surface area contributed by atoms with E-state index in [1.807, 2.05) is 18.3 Å².